The predicted octanol–water partition coefficient (Wildman–Crippen LogP) is 3.42. The van der Waals surface area contributed by atoms with Crippen molar-refractivity contribution in [2.24, 2.45) is 0 Å². The minimum atomic E-state index is -0.123. The van der Waals surface area contributed by atoms with E-state index in [4.69, 9.17) is 4.74 Å². The highest BCUT2D eigenvalue weighted by Crippen LogP contribution is 2.32. The van der Waals surface area contributed by atoms with Gasteiger partial charge in [-0.15, -0.1) is 0 Å². The molecular formula is C13H17FO. The molecule has 2 rings (SSSR count). The van der Waals surface area contributed by atoms with Crippen molar-refractivity contribution in [3.63, 3.8) is 0 Å². The van der Waals surface area contributed by atoms with Gasteiger partial charge in [-0.2, -0.15) is 0 Å². The van der Waals surface area contributed by atoms with E-state index in [1.807, 2.05) is 19.1 Å². The molecule has 82 valence electrons. The lowest BCUT2D eigenvalue weighted by Crippen LogP contribution is -2.00. The fourth-order valence-electron chi connectivity index (χ4n) is 1.94. The number of halogens is 1. The number of rotatable bonds is 3. The van der Waals surface area contributed by atoms with E-state index in [-0.39, 0.29) is 5.82 Å². The first-order valence-corrected chi connectivity index (χ1v) is 5.49. The second-order valence-corrected chi connectivity index (χ2v) is 4.53. The molecule has 0 spiro atoms. The van der Waals surface area contributed by atoms with Crippen LogP contribution in [-0.4, -0.2) is 12.2 Å². The molecule has 0 N–H and O–H groups in total. The predicted molar refractivity (Wildman–Crippen MR) is 58.5 cm³/mol. The van der Waals surface area contributed by atoms with Gasteiger partial charge in [0.1, 0.15) is 5.82 Å². The van der Waals surface area contributed by atoms with Crippen LogP contribution < -0.4 is 0 Å². The fourth-order valence-corrected chi connectivity index (χ4v) is 1.94. The lowest BCUT2D eigenvalue weighted by atomic mass is 9.94. The highest BCUT2D eigenvalue weighted by molar-refractivity contribution is 5.26. The average Bonchev–Trinajstić information content (AvgIpc) is 2.86. The van der Waals surface area contributed by atoms with Crippen molar-refractivity contribution in [2.75, 3.05) is 0 Å². The first-order chi connectivity index (χ1) is 7.08. The zero-order chi connectivity index (χ0) is 11.0. The van der Waals surface area contributed by atoms with Crippen molar-refractivity contribution < 1.29 is 9.13 Å². The maximum absolute atomic E-state index is 13.1. The number of hydrogen-bond donors (Lipinski definition) is 0. The maximum Gasteiger partial charge on any atom is 0.126 e. The Balaban J connectivity index is 2.04. The van der Waals surface area contributed by atoms with E-state index in [0.717, 1.165) is 12.0 Å². The second kappa shape index (κ2) is 3.93. The van der Waals surface area contributed by atoms with E-state index in [2.05, 4.69) is 13.8 Å². The lowest BCUT2D eigenvalue weighted by molar-refractivity contribution is 0.362. The Hall–Kier alpha value is -0.890. The summed E-state index contributed by atoms with van der Waals surface area (Å²) in [7, 11) is 0. The maximum atomic E-state index is 13.1. The number of hydrogen-bond acceptors (Lipinski definition) is 1. The molecule has 1 fully saturated rings. The molecule has 0 aromatic heterocycles. The van der Waals surface area contributed by atoms with Crippen molar-refractivity contribution in [3.05, 3.63) is 35.1 Å². The van der Waals surface area contributed by atoms with E-state index in [1.165, 1.54) is 5.56 Å². The highest BCUT2D eigenvalue weighted by Gasteiger charge is 2.35. The summed E-state index contributed by atoms with van der Waals surface area (Å²) in [5, 5.41) is 0. The van der Waals surface area contributed by atoms with Crippen LogP contribution in [-0.2, 0) is 4.74 Å². The van der Waals surface area contributed by atoms with Crippen LogP contribution in [0.15, 0.2) is 18.2 Å². The van der Waals surface area contributed by atoms with Crippen LogP contribution in [0.5, 0.6) is 0 Å². The van der Waals surface area contributed by atoms with E-state index < -0.39 is 0 Å². The third-order valence-electron chi connectivity index (χ3n) is 3.17. The van der Waals surface area contributed by atoms with Crippen molar-refractivity contribution in [3.8, 4) is 0 Å². The zero-order valence-electron chi connectivity index (χ0n) is 9.46. The Kier molecular flexibility index (Phi) is 2.79. The summed E-state index contributed by atoms with van der Waals surface area (Å²) in [6, 6.07) is 5.37. The van der Waals surface area contributed by atoms with Crippen LogP contribution in [0, 0.1) is 12.7 Å². The molecule has 1 heterocycles. The van der Waals surface area contributed by atoms with Gasteiger partial charge in [0.2, 0.25) is 0 Å². The number of benzene rings is 1. The van der Waals surface area contributed by atoms with Gasteiger partial charge in [0.15, 0.2) is 0 Å². The molecule has 0 saturated carbocycles. The number of aryl methyl sites for hydroxylation is 1. The van der Waals surface area contributed by atoms with Crippen LogP contribution in [0.2, 0.25) is 0 Å². The molecule has 1 aromatic rings. The third-order valence-corrected chi connectivity index (χ3v) is 3.17. The van der Waals surface area contributed by atoms with Gasteiger partial charge >= 0.3 is 0 Å². The Morgan fingerprint density at radius 3 is 2.67 bits per heavy atom. The van der Waals surface area contributed by atoms with Crippen molar-refractivity contribution in [1.82, 2.24) is 0 Å². The quantitative estimate of drug-likeness (QED) is 0.693. The molecule has 1 aromatic carbocycles. The van der Waals surface area contributed by atoms with E-state index in [0.29, 0.717) is 18.1 Å². The summed E-state index contributed by atoms with van der Waals surface area (Å²) in [4.78, 5) is 0. The van der Waals surface area contributed by atoms with Gasteiger partial charge in [0.25, 0.3) is 0 Å². The SMILES string of the molecule is Cc1cc(C(C)CC2OC2C)ccc1F. The van der Waals surface area contributed by atoms with Gasteiger partial charge in [0.05, 0.1) is 12.2 Å². The number of epoxide rings is 1. The Bertz CT molecular complexity index is 362. The molecule has 1 aliphatic rings. The molecule has 1 aliphatic heterocycles. The van der Waals surface area contributed by atoms with Crippen LogP contribution >= 0.6 is 0 Å². The third kappa shape index (κ3) is 2.37. The molecule has 3 unspecified atom stereocenters. The van der Waals surface area contributed by atoms with Crippen LogP contribution in [0.4, 0.5) is 4.39 Å². The fraction of sp³-hybridized carbons (Fsp3) is 0.538. The van der Waals surface area contributed by atoms with Crippen molar-refractivity contribution >= 4 is 0 Å². The van der Waals surface area contributed by atoms with E-state index in [9.17, 15) is 4.39 Å². The molecule has 0 aliphatic carbocycles. The summed E-state index contributed by atoms with van der Waals surface area (Å²) in [6.07, 6.45) is 1.85. The Morgan fingerprint density at radius 1 is 1.47 bits per heavy atom. The van der Waals surface area contributed by atoms with E-state index >= 15 is 0 Å². The van der Waals surface area contributed by atoms with Crippen LogP contribution in [0.25, 0.3) is 0 Å². The summed E-state index contributed by atoms with van der Waals surface area (Å²) in [6.45, 7) is 6.07. The molecule has 0 bridgehead atoms. The first-order valence-electron chi connectivity index (χ1n) is 5.49. The van der Waals surface area contributed by atoms with Crippen molar-refractivity contribution in [2.45, 2.75) is 45.3 Å². The minimum Gasteiger partial charge on any atom is -0.370 e. The molecular weight excluding hydrogens is 191 g/mol. The molecule has 0 amide bonds. The summed E-state index contributed by atoms with van der Waals surface area (Å²) in [5.41, 5.74) is 1.93. The zero-order valence-corrected chi connectivity index (χ0v) is 9.46. The highest BCUT2D eigenvalue weighted by atomic mass is 19.1. The van der Waals surface area contributed by atoms with Gasteiger partial charge in [0, 0.05) is 0 Å². The second-order valence-electron chi connectivity index (χ2n) is 4.53. The normalized spacial score (nSPS) is 26.4. The largest absolute Gasteiger partial charge is 0.370 e. The number of ether oxygens (including phenoxy) is 1. The topological polar surface area (TPSA) is 12.5 Å². The van der Waals surface area contributed by atoms with Gasteiger partial charge in [-0.3, -0.25) is 0 Å². The lowest BCUT2D eigenvalue weighted by Gasteiger charge is -2.11. The minimum absolute atomic E-state index is 0.123. The average molecular weight is 208 g/mol. The molecule has 1 saturated heterocycles. The summed E-state index contributed by atoms with van der Waals surface area (Å²) >= 11 is 0. The monoisotopic (exact) mass is 208 g/mol. The van der Waals surface area contributed by atoms with Gasteiger partial charge < -0.3 is 4.74 Å². The molecule has 1 nitrogen and oxygen atoms in total. The first kappa shape index (κ1) is 10.6. The van der Waals surface area contributed by atoms with Gasteiger partial charge in [-0.05, 0) is 43.4 Å². The Morgan fingerprint density at radius 2 is 2.13 bits per heavy atom. The molecule has 0 radical (unpaired) electrons. The summed E-state index contributed by atoms with van der Waals surface area (Å²) < 4.78 is 18.5. The van der Waals surface area contributed by atoms with Crippen LogP contribution in [0.1, 0.15) is 37.3 Å². The summed E-state index contributed by atoms with van der Waals surface area (Å²) in [5.74, 6) is 0.321. The molecule has 15 heavy (non-hydrogen) atoms. The van der Waals surface area contributed by atoms with Gasteiger partial charge in [-0.25, -0.2) is 4.39 Å². The molecule has 2 heteroatoms. The van der Waals surface area contributed by atoms with Crippen LogP contribution in [0.3, 0.4) is 0 Å². The van der Waals surface area contributed by atoms with E-state index in [1.54, 1.807) is 6.07 Å². The Labute approximate surface area is 90.3 Å². The smallest absolute Gasteiger partial charge is 0.126 e. The molecule has 3 atom stereocenters. The van der Waals surface area contributed by atoms with Gasteiger partial charge in [-0.1, -0.05) is 19.1 Å². The standard InChI is InChI=1S/C13H17FO/c1-8(7-13-10(3)15-13)11-4-5-12(14)9(2)6-11/h4-6,8,10,13H,7H2,1-3H3. The van der Waals surface area contributed by atoms with Crippen molar-refractivity contribution in [1.29, 1.82) is 0 Å².